The van der Waals surface area contributed by atoms with Gasteiger partial charge in [0.25, 0.3) is 0 Å². The Kier molecular flexibility index (Phi) is 4.83. The van der Waals surface area contributed by atoms with Crippen molar-refractivity contribution in [3.8, 4) is 11.3 Å². The van der Waals surface area contributed by atoms with E-state index in [0.717, 1.165) is 17.9 Å². The lowest BCUT2D eigenvalue weighted by Gasteiger charge is -2.10. The SMILES string of the molecule is CCCNC(C)Cc1cn2c(-c3ccc(C)cc3)c(C)sc2n1. The van der Waals surface area contributed by atoms with Gasteiger partial charge in [0.15, 0.2) is 4.96 Å². The van der Waals surface area contributed by atoms with Crippen LogP contribution >= 0.6 is 11.3 Å². The highest BCUT2D eigenvalue weighted by atomic mass is 32.1. The molecule has 0 radical (unpaired) electrons. The second-order valence-corrected chi connectivity index (χ2v) is 7.50. The lowest BCUT2D eigenvalue weighted by atomic mass is 10.1. The average Bonchev–Trinajstić information content (AvgIpc) is 3.02. The summed E-state index contributed by atoms with van der Waals surface area (Å²) in [6, 6.07) is 9.22. The molecule has 2 heterocycles. The molecule has 0 fully saturated rings. The van der Waals surface area contributed by atoms with Crippen LogP contribution in [0.15, 0.2) is 30.5 Å². The Morgan fingerprint density at radius 1 is 1.22 bits per heavy atom. The maximum absolute atomic E-state index is 4.83. The number of nitrogens with zero attached hydrogens (tertiary/aromatic N) is 2. The molecule has 3 rings (SSSR count). The molecule has 1 N–H and O–H groups in total. The molecular formula is C19H25N3S. The summed E-state index contributed by atoms with van der Waals surface area (Å²) in [6.07, 6.45) is 4.35. The molecule has 0 saturated heterocycles. The van der Waals surface area contributed by atoms with E-state index in [2.05, 4.69) is 67.9 Å². The van der Waals surface area contributed by atoms with E-state index in [-0.39, 0.29) is 0 Å². The second kappa shape index (κ2) is 6.85. The van der Waals surface area contributed by atoms with Crippen LogP contribution in [-0.4, -0.2) is 22.0 Å². The minimum atomic E-state index is 0.462. The van der Waals surface area contributed by atoms with Crippen LogP contribution in [0.5, 0.6) is 0 Å². The van der Waals surface area contributed by atoms with Gasteiger partial charge in [0.05, 0.1) is 11.4 Å². The van der Waals surface area contributed by atoms with Gasteiger partial charge in [-0.1, -0.05) is 36.8 Å². The van der Waals surface area contributed by atoms with E-state index >= 15 is 0 Å². The number of aromatic nitrogens is 2. The zero-order chi connectivity index (χ0) is 16.4. The minimum Gasteiger partial charge on any atom is -0.314 e. The van der Waals surface area contributed by atoms with Gasteiger partial charge in [0.2, 0.25) is 0 Å². The molecule has 1 aromatic carbocycles. The molecule has 0 aliphatic carbocycles. The molecule has 0 spiro atoms. The molecule has 1 atom stereocenters. The van der Waals surface area contributed by atoms with E-state index in [1.54, 1.807) is 11.3 Å². The largest absolute Gasteiger partial charge is 0.314 e. The van der Waals surface area contributed by atoms with Crippen molar-refractivity contribution in [2.75, 3.05) is 6.54 Å². The standard InChI is InChI=1S/C19H25N3S/c1-5-10-20-14(3)11-17-12-22-18(15(4)23-19(22)21-17)16-8-6-13(2)7-9-16/h6-9,12,14,20H,5,10-11H2,1-4H3. The molecule has 0 aliphatic rings. The number of rotatable bonds is 6. The first kappa shape index (κ1) is 16.2. The second-order valence-electron chi connectivity index (χ2n) is 6.32. The molecule has 0 amide bonds. The first-order valence-corrected chi connectivity index (χ1v) is 9.18. The smallest absolute Gasteiger partial charge is 0.194 e. The van der Waals surface area contributed by atoms with Gasteiger partial charge in [-0.2, -0.15) is 0 Å². The Morgan fingerprint density at radius 2 is 1.96 bits per heavy atom. The molecule has 1 unspecified atom stereocenters. The molecule has 3 nitrogen and oxygen atoms in total. The number of imidazole rings is 1. The summed E-state index contributed by atoms with van der Waals surface area (Å²) >= 11 is 1.78. The minimum absolute atomic E-state index is 0.462. The topological polar surface area (TPSA) is 29.3 Å². The Balaban J connectivity index is 1.90. The fourth-order valence-electron chi connectivity index (χ4n) is 2.93. The summed E-state index contributed by atoms with van der Waals surface area (Å²) in [4.78, 5) is 7.24. The summed E-state index contributed by atoms with van der Waals surface area (Å²) < 4.78 is 2.26. The number of benzene rings is 1. The molecule has 0 saturated carbocycles. The third-order valence-electron chi connectivity index (χ3n) is 4.13. The molecule has 3 aromatic rings. The van der Waals surface area contributed by atoms with Crippen LogP contribution in [-0.2, 0) is 6.42 Å². The first-order valence-electron chi connectivity index (χ1n) is 8.36. The van der Waals surface area contributed by atoms with Crippen LogP contribution in [0.4, 0.5) is 0 Å². The van der Waals surface area contributed by atoms with Gasteiger partial charge in [-0.3, -0.25) is 4.40 Å². The third-order valence-corrected chi connectivity index (χ3v) is 5.10. The summed E-state index contributed by atoms with van der Waals surface area (Å²) in [7, 11) is 0. The zero-order valence-electron chi connectivity index (χ0n) is 14.4. The third kappa shape index (κ3) is 3.48. The highest BCUT2D eigenvalue weighted by Gasteiger charge is 2.15. The van der Waals surface area contributed by atoms with Crippen molar-refractivity contribution in [1.29, 1.82) is 0 Å². The summed E-state index contributed by atoms with van der Waals surface area (Å²) in [5.41, 5.74) is 5.00. The number of fused-ring (bicyclic) bond motifs is 1. The van der Waals surface area contributed by atoms with E-state index in [1.165, 1.54) is 33.8 Å². The normalized spacial score (nSPS) is 12.9. The van der Waals surface area contributed by atoms with Crippen LogP contribution in [0, 0.1) is 13.8 Å². The van der Waals surface area contributed by atoms with E-state index < -0.39 is 0 Å². The highest BCUT2D eigenvalue weighted by Crippen LogP contribution is 2.31. The number of hydrogen-bond acceptors (Lipinski definition) is 3. The number of thiazole rings is 1. The molecule has 0 aliphatic heterocycles. The van der Waals surface area contributed by atoms with Crippen molar-refractivity contribution in [1.82, 2.24) is 14.7 Å². The van der Waals surface area contributed by atoms with Crippen molar-refractivity contribution >= 4 is 16.3 Å². The first-order chi connectivity index (χ1) is 11.1. The van der Waals surface area contributed by atoms with E-state index in [1.807, 2.05) is 0 Å². The molecule has 2 aromatic heterocycles. The predicted molar refractivity (Wildman–Crippen MR) is 99.4 cm³/mol. The number of aryl methyl sites for hydroxylation is 2. The summed E-state index contributed by atoms with van der Waals surface area (Å²) in [5.74, 6) is 0. The quantitative estimate of drug-likeness (QED) is 0.716. The highest BCUT2D eigenvalue weighted by molar-refractivity contribution is 7.17. The van der Waals surface area contributed by atoms with Gasteiger partial charge >= 0.3 is 0 Å². The molecule has 4 heteroatoms. The number of nitrogens with one attached hydrogen (secondary N) is 1. The number of hydrogen-bond donors (Lipinski definition) is 1. The zero-order valence-corrected chi connectivity index (χ0v) is 15.2. The average molecular weight is 327 g/mol. The van der Waals surface area contributed by atoms with E-state index in [4.69, 9.17) is 4.98 Å². The van der Waals surface area contributed by atoms with Crippen LogP contribution in [0.25, 0.3) is 16.2 Å². The fourth-order valence-corrected chi connectivity index (χ4v) is 3.92. The molecule has 23 heavy (non-hydrogen) atoms. The predicted octanol–water partition coefficient (Wildman–Crippen LogP) is 4.61. The van der Waals surface area contributed by atoms with Crippen molar-refractivity contribution in [3.05, 3.63) is 46.6 Å². The van der Waals surface area contributed by atoms with Crippen molar-refractivity contribution in [3.63, 3.8) is 0 Å². The van der Waals surface area contributed by atoms with Gasteiger partial charge in [-0.25, -0.2) is 4.98 Å². The van der Waals surface area contributed by atoms with Crippen LogP contribution < -0.4 is 5.32 Å². The van der Waals surface area contributed by atoms with Gasteiger partial charge in [0, 0.05) is 23.5 Å². The summed E-state index contributed by atoms with van der Waals surface area (Å²) in [5, 5.41) is 3.54. The molecular weight excluding hydrogens is 302 g/mol. The Bertz CT molecular complexity index is 783. The van der Waals surface area contributed by atoms with Crippen molar-refractivity contribution in [2.45, 2.75) is 46.6 Å². The molecule has 0 bridgehead atoms. The van der Waals surface area contributed by atoms with Gasteiger partial charge in [-0.05, 0) is 39.3 Å². The van der Waals surface area contributed by atoms with Crippen LogP contribution in [0.1, 0.15) is 36.4 Å². The van der Waals surface area contributed by atoms with Crippen LogP contribution in [0.3, 0.4) is 0 Å². The molecule has 122 valence electrons. The van der Waals surface area contributed by atoms with E-state index in [9.17, 15) is 0 Å². The Morgan fingerprint density at radius 3 is 2.65 bits per heavy atom. The van der Waals surface area contributed by atoms with Crippen molar-refractivity contribution < 1.29 is 0 Å². The van der Waals surface area contributed by atoms with Gasteiger partial charge in [0.1, 0.15) is 0 Å². The lowest BCUT2D eigenvalue weighted by molar-refractivity contribution is 0.540. The van der Waals surface area contributed by atoms with Crippen LogP contribution in [0.2, 0.25) is 0 Å². The Hall–Kier alpha value is -1.65. The van der Waals surface area contributed by atoms with Crippen molar-refractivity contribution in [2.24, 2.45) is 0 Å². The van der Waals surface area contributed by atoms with Gasteiger partial charge < -0.3 is 5.32 Å². The Labute approximate surface area is 142 Å². The maximum atomic E-state index is 4.83. The fraction of sp³-hybridized carbons (Fsp3) is 0.421. The maximum Gasteiger partial charge on any atom is 0.194 e. The summed E-state index contributed by atoms with van der Waals surface area (Å²) in [6.45, 7) is 9.80. The van der Waals surface area contributed by atoms with Gasteiger partial charge in [-0.15, -0.1) is 11.3 Å². The van der Waals surface area contributed by atoms with E-state index in [0.29, 0.717) is 6.04 Å². The monoisotopic (exact) mass is 327 g/mol. The lowest BCUT2D eigenvalue weighted by Crippen LogP contribution is -2.28.